The van der Waals surface area contributed by atoms with E-state index in [0.29, 0.717) is 18.2 Å². The fraction of sp³-hybridized carbons (Fsp3) is 0.545. The number of hydrogen-bond donors (Lipinski definition) is 2. The summed E-state index contributed by atoms with van der Waals surface area (Å²) in [6.45, 7) is 9.17. The Hall–Kier alpha value is -1.92. The van der Waals surface area contributed by atoms with Crippen molar-refractivity contribution < 1.29 is 4.74 Å². The fourth-order valence-corrected chi connectivity index (χ4v) is 3.82. The number of fused-ring (bicyclic) bond motifs is 1. The third-order valence-electron chi connectivity index (χ3n) is 5.44. The summed E-state index contributed by atoms with van der Waals surface area (Å²) >= 11 is 5.65. The van der Waals surface area contributed by atoms with Gasteiger partial charge in [0.2, 0.25) is 0 Å². The highest BCUT2D eigenvalue weighted by atomic mass is 32.1. The summed E-state index contributed by atoms with van der Waals surface area (Å²) in [5.41, 5.74) is 3.96. The molecule has 1 saturated heterocycles. The van der Waals surface area contributed by atoms with E-state index in [-0.39, 0.29) is 11.7 Å². The van der Waals surface area contributed by atoms with Gasteiger partial charge < -0.3 is 19.9 Å². The monoisotopic (exact) mass is 401 g/mol. The number of nitrogens with zero attached hydrogens (tertiary/aromatic N) is 1. The number of nitrogens with one attached hydrogen (secondary N) is 2. The normalized spacial score (nSPS) is 16.5. The molecule has 1 aliphatic heterocycles. The Kier molecular flexibility index (Phi) is 7.08. The van der Waals surface area contributed by atoms with Gasteiger partial charge in [-0.15, -0.1) is 0 Å². The van der Waals surface area contributed by atoms with E-state index in [9.17, 15) is 4.79 Å². The van der Waals surface area contributed by atoms with Crippen molar-refractivity contribution in [3.05, 3.63) is 45.2 Å². The summed E-state index contributed by atoms with van der Waals surface area (Å²) in [5.74, 6) is 0. The van der Waals surface area contributed by atoms with E-state index in [1.165, 1.54) is 11.1 Å². The standard InChI is InChI=1S/C22H31N3O2S/c1-4-5-8-23-22(28)25(14-19-7-6-9-27-19)13-18-12-17-10-15(2)16(3)11-20(17)24-21(18)26/h10-12,19H,4-9,13-14H2,1-3H3,(H,23,28)(H,24,26)/t19-/m0/s1. The second-order valence-corrected chi connectivity index (χ2v) is 8.14. The number of ether oxygens (including phenoxy) is 1. The van der Waals surface area contributed by atoms with E-state index in [1.54, 1.807) is 0 Å². The van der Waals surface area contributed by atoms with Gasteiger partial charge in [-0.1, -0.05) is 13.3 Å². The lowest BCUT2D eigenvalue weighted by Gasteiger charge is -2.28. The van der Waals surface area contributed by atoms with Gasteiger partial charge in [0.25, 0.3) is 5.56 Å². The van der Waals surface area contributed by atoms with Gasteiger partial charge >= 0.3 is 0 Å². The molecule has 6 heteroatoms. The maximum absolute atomic E-state index is 12.7. The van der Waals surface area contributed by atoms with Crippen molar-refractivity contribution in [3.8, 4) is 0 Å². The minimum atomic E-state index is -0.0514. The van der Waals surface area contributed by atoms with E-state index in [1.807, 2.05) is 12.1 Å². The van der Waals surface area contributed by atoms with Crippen molar-refractivity contribution in [3.63, 3.8) is 0 Å². The first kappa shape index (κ1) is 20.8. The van der Waals surface area contributed by atoms with Crippen LogP contribution in [0.1, 0.15) is 49.3 Å². The molecule has 1 aromatic heterocycles. The van der Waals surface area contributed by atoms with Crippen LogP contribution in [0, 0.1) is 13.8 Å². The molecule has 0 aliphatic carbocycles. The summed E-state index contributed by atoms with van der Waals surface area (Å²) in [6.07, 6.45) is 4.49. The highest BCUT2D eigenvalue weighted by Gasteiger charge is 2.22. The van der Waals surface area contributed by atoms with Gasteiger partial charge in [0.15, 0.2) is 5.11 Å². The van der Waals surface area contributed by atoms with E-state index in [2.05, 4.69) is 42.0 Å². The van der Waals surface area contributed by atoms with Crippen molar-refractivity contribution in [2.75, 3.05) is 19.7 Å². The SMILES string of the molecule is CCCCNC(=S)N(Cc1cc2cc(C)c(C)cc2[nH]c1=O)C[C@@H]1CCCO1. The number of rotatable bonds is 7. The molecule has 1 aliphatic rings. The molecule has 1 fully saturated rings. The minimum Gasteiger partial charge on any atom is -0.376 e. The maximum atomic E-state index is 12.7. The average Bonchev–Trinajstić information content (AvgIpc) is 3.16. The van der Waals surface area contributed by atoms with E-state index in [0.717, 1.165) is 55.3 Å². The summed E-state index contributed by atoms with van der Waals surface area (Å²) in [5, 5.41) is 5.09. The molecule has 28 heavy (non-hydrogen) atoms. The molecule has 2 heterocycles. The number of thiocarbonyl (C=S) groups is 1. The zero-order valence-corrected chi connectivity index (χ0v) is 18.0. The Labute approximate surface area is 172 Å². The van der Waals surface area contributed by atoms with Crippen LogP contribution in [0.5, 0.6) is 0 Å². The quantitative estimate of drug-likeness (QED) is 0.546. The lowest BCUT2D eigenvalue weighted by atomic mass is 10.0. The minimum absolute atomic E-state index is 0.0514. The molecule has 3 rings (SSSR count). The molecule has 0 bridgehead atoms. The van der Waals surface area contributed by atoms with Crippen LogP contribution in [-0.2, 0) is 11.3 Å². The van der Waals surface area contributed by atoms with Crippen molar-refractivity contribution in [2.45, 2.75) is 59.1 Å². The second-order valence-electron chi connectivity index (χ2n) is 7.75. The Morgan fingerprint density at radius 1 is 1.32 bits per heavy atom. The van der Waals surface area contributed by atoms with Crippen molar-refractivity contribution in [1.82, 2.24) is 15.2 Å². The van der Waals surface area contributed by atoms with E-state index in [4.69, 9.17) is 17.0 Å². The second kappa shape index (κ2) is 9.52. The zero-order valence-electron chi connectivity index (χ0n) is 17.1. The van der Waals surface area contributed by atoms with E-state index >= 15 is 0 Å². The average molecular weight is 402 g/mol. The Balaban J connectivity index is 1.83. The first-order chi connectivity index (χ1) is 13.5. The van der Waals surface area contributed by atoms with Crippen LogP contribution < -0.4 is 10.9 Å². The highest BCUT2D eigenvalue weighted by molar-refractivity contribution is 7.80. The van der Waals surface area contributed by atoms with Crippen LogP contribution in [0.3, 0.4) is 0 Å². The first-order valence-electron chi connectivity index (χ1n) is 10.3. The zero-order chi connectivity index (χ0) is 20.1. The number of aryl methyl sites for hydroxylation is 2. The number of aromatic nitrogens is 1. The van der Waals surface area contributed by atoms with E-state index < -0.39 is 0 Å². The molecular formula is C22H31N3O2S. The van der Waals surface area contributed by atoms with Crippen LogP contribution in [-0.4, -0.2) is 40.8 Å². The molecule has 2 N–H and O–H groups in total. The number of aromatic amines is 1. The number of pyridine rings is 1. The van der Waals surface area contributed by atoms with Crippen LogP contribution in [0.25, 0.3) is 10.9 Å². The molecular weight excluding hydrogens is 370 g/mol. The van der Waals surface area contributed by atoms with Crippen LogP contribution in [0.15, 0.2) is 23.0 Å². The predicted octanol–water partition coefficient (Wildman–Crippen LogP) is 3.80. The lowest BCUT2D eigenvalue weighted by molar-refractivity contribution is 0.0897. The molecule has 152 valence electrons. The van der Waals surface area contributed by atoms with Crippen LogP contribution in [0.4, 0.5) is 0 Å². The number of H-pyrrole nitrogens is 1. The summed E-state index contributed by atoms with van der Waals surface area (Å²) in [7, 11) is 0. The molecule has 5 nitrogen and oxygen atoms in total. The maximum Gasteiger partial charge on any atom is 0.253 e. The number of benzene rings is 1. The highest BCUT2D eigenvalue weighted by Crippen LogP contribution is 2.19. The molecule has 0 amide bonds. The van der Waals surface area contributed by atoms with Gasteiger partial charge in [-0.05, 0) is 80.0 Å². The summed E-state index contributed by atoms with van der Waals surface area (Å²) < 4.78 is 5.81. The van der Waals surface area contributed by atoms with Crippen molar-refractivity contribution >= 4 is 28.2 Å². The molecule has 0 unspecified atom stereocenters. The predicted molar refractivity (Wildman–Crippen MR) is 119 cm³/mol. The van der Waals surface area contributed by atoms with Crippen molar-refractivity contribution in [1.29, 1.82) is 0 Å². The molecule has 0 spiro atoms. The Morgan fingerprint density at radius 2 is 2.11 bits per heavy atom. The van der Waals surface area contributed by atoms with Gasteiger partial charge in [-0.25, -0.2) is 0 Å². The number of hydrogen-bond acceptors (Lipinski definition) is 3. The first-order valence-corrected chi connectivity index (χ1v) is 10.7. The topological polar surface area (TPSA) is 57.4 Å². The summed E-state index contributed by atoms with van der Waals surface area (Å²) in [6, 6.07) is 6.17. The van der Waals surface area contributed by atoms with Gasteiger partial charge in [0, 0.05) is 30.8 Å². The third-order valence-corrected chi connectivity index (χ3v) is 5.84. The fourth-order valence-electron chi connectivity index (χ4n) is 3.58. The largest absolute Gasteiger partial charge is 0.376 e. The number of unbranched alkanes of at least 4 members (excludes halogenated alkanes) is 1. The Morgan fingerprint density at radius 3 is 2.82 bits per heavy atom. The molecule has 2 aromatic rings. The van der Waals surface area contributed by atoms with Gasteiger partial charge in [0.1, 0.15) is 0 Å². The summed E-state index contributed by atoms with van der Waals surface area (Å²) in [4.78, 5) is 17.8. The van der Waals surface area contributed by atoms with Gasteiger partial charge in [-0.2, -0.15) is 0 Å². The van der Waals surface area contributed by atoms with Gasteiger partial charge in [0.05, 0.1) is 12.6 Å². The molecule has 0 radical (unpaired) electrons. The van der Waals surface area contributed by atoms with Crippen molar-refractivity contribution in [2.24, 2.45) is 0 Å². The van der Waals surface area contributed by atoms with Gasteiger partial charge in [-0.3, -0.25) is 4.79 Å². The molecule has 1 atom stereocenters. The van der Waals surface area contributed by atoms with Crippen LogP contribution >= 0.6 is 12.2 Å². The van der Waals surface area contributed by atoms with Crippen LogP contribution in [0.2, 0.25) is 0 Å². The lowest BCUT2D eigenvalue weighted by Crippen LogP contribution is -2.44. The Bertz CT molecular complexity index is 887. The molecule has 0 saturated carbocycles. The molecule has 1 aromatic carbocycles. The third kappa shape index (κ3) is 5.11. The smallest absolute Gasteiger partial charge is 0.253 e.